The molecule has 1 heterocycles. The van der Waals surface area contributed by atoms with Crippen LogP contribution in [0.2, 0.25) is 0 Å². The maximum atomic E-state index is 12.0. The van der Waals surface area contributed by atoms with E-state index in [9.17, 15) is 14.9 Å². The Labute approximate surface area is 165 Å². The highest BCUT2D eigenvalue weighted by Crippen LogP contribution is 2.34. The van der Waals surface area contributed by atoms with Gasteiger partial charge in [0, 0.05) is 29.4 Å². The van der Waals surface area contributed by atoms with Crippen LogP contribution in [-0.4, -0.2) is 44.6 Å². The van der Waals surface area contributed by atoms with Gasteiger partial charge in [-0.1, -0.05) is 0 Å². The predicted octanol–water partition coefficient (Wildman–Crippen LogP) is 1.90. The number of hydrogen-bond donors (Lipinski definition) is 2. The summed E-state index contributed by atoms with van der Waals surface area (Å²) in [6.45, 7) is 0.123. The number of nitro groups is 1. The summed E-state index contributed by atoms with van der Waals surface area (Å²) in [5.74, 6) is 1.19. The molecule has 0 fully saturated rings. The van der Waals surface area contributed by atoms with E-state index in [0.29, 0.717) is 28.5 Å². The monoisotopic (exact) mass is 402 g/mol. The number of nitrogens with zero attached hydrogens (tertiary/aromatic N) is 2. The van der Waals surface area contributed by atoms with Gasteiger partial charge in [0.05, 0.1) is 31.9 Å². The van der Waals surface area contributed by atoms with Crippen molar-refractivity contribution in [2.24, 2.45) is 5.10 Å². The van der Waals surface area contributed by atoms with E-state index in [1.165, 1.54) is 32.6 Å². The Hall–Kier alpha value is -4.02. The van der Waals surface area contributed by atoms with Gasteiger partial charge in [0.15, 0.2) is 11.5 Å². The van der Waals surface area contributed by atoms with E-state index in [4.69, 9.17) is 18.9 Å². The van der Waals surface area contributed by atoms with Gasteiger partial charge >= 0.3 is 5.69 Å². The molecule has 0 spiro atoms. The number of hydrogen-bond acceptors (Lipinski definition) is 9. The quantitative estimate of drug-likeness (QED) is 0.389. The number of ether oxygens (including phenoxy) is 4. The van der Waals surface area contributed by atoms with E-state index in [2.05, 4.69) is 15.8 Å². The van der Waals surface area contributed by atoms with Crippen molar-refractivity contribution >= 4 is 23.5 Å². The van der Waals surface area contributed by atoms with Crippen molar-refractivity contribution in [3.8, 4) is 23.0 Å². The minimum atomic E-state index is -0.580. The zero-order valence-electron chi connectivity index (χ0n) is 15.6. The van der Waals surface area contributed by atoms with Gasteiger partial charge in [-0.15, -0.1) is 0 Å². The normalized spacial score (nSPS) is 11.9. The first-order valence-corrected chi connectivity index (χ1v) is 8.37. The molecule has 29 heavy (non-hydrogen) atoms. The Morgan fingerprint density at radius 3 is 2.69 bits per heavy atom. The lowest BCUT2D eigenvalue weighted by Crippen LogP contribution is -2.25. The topological polar surface area (TPSA) is 134 Å². The van der Waals surface area contributed by atoms with Crippen molar-refractivity contribution in [3.63, 3.8) is 0 Å². The average molecular weight is 402 g/mol. The largest absolute Gasteiger partial charge is 0.496 e. The molecule has 0 atom stereocenters. The molecular formula is C18H18N4O7. The summed E-state index contributed by atoms with van der Waals surface area (Å²) < 4.78 is 20.7. The molecule has 0 aliphatic carbocycles. The zero-order valence-corrected chi connectivity index (χ0v) is 15.6. The maximum Gasteiger partial charge on any atom is 0.311 e. The first-order chi connectivity index (χ1) is 14.0. The fourth-order valence-corrected chi connectivity index (χ4v) is 2.55. The van der Waals surface area contributed by atoms with Gasteiger partial charge < -0.3 is 24.3 Å². The van der Waals surface area contributed by atoms with Gasteiger partial charge in [0.1, 0.15) is 5.75 Å². The molecule has 2 aromatic rings. The van der Waals surface area contributed by atoms with Crippen LogP contribution in [0.1, 0.15) is 5.56 Å². The molecule has 0 bridgehead atoms. The lowest BCUT2D eigenvalue weighted by Gasteiger charge is -2.08. The maximum absolute atomic E-state index is 12.0. The van der Waals surface area contributed by atoms with Crippen LogP contribution in [0.5, 0.6) is 23.0 Å². The third-order valence-electron chi connectivity index (χ3n) is 3.95. The van der Waals surface area contributed by atoms with E-state index in [1.807, 2.05) is 0 Å². The number of fused-ring (bicyclic) bond motifs is 1. The highest BCUT2D eigenvalue weighted by Gasteiger charge is 2.19. The molecule has 11 heteroatoms. The molecular weight excluding hydrogens is 384 g/mol. The van der Waals surface area contributed by atoms with Crippen molar-refractivity contribution in [3.05, 3.63) is 46.0 Å². The molecule has 1 amide bonds. The predicted molar refractivity (Wildman–Crippen MR) is 103 cm³/mol. The molecule has 1 aliphatic heterocycles. The van der Waals surface area contributed by atoms with Crippen molar-refractivity contribution in [1.29, 1.82) is 0 Å². The van der Waals surface area contributed by atoms with Crippen LogP contribution in [-0.2, 0) is 4.79 Å². The third kappa shape index (κ3) is 4.64. The standard InChI is InChI=1S/C18H18N4O7/c1-26-15-7-16(27-2)13(22(24)25)5-11(15)8-20-21-18(23)9-19-12-3-4-14-17(6-12)29-10-28-14/h3-8,19H,9-10H2,1-2H3,(H,21,23)/b20-8-. The molecule has 0 aromatic heterocycles. The minimum Gasteiger partial charge on any atom is -0.496 e. The molecule has 0 saturated carbocycles. The second-order valence-corrected chi connectivity index (χ2v) is 5.74. The van der Waals surface area contributed by atoms with Crippen molar-refractivity contribution in [2.75, 3.05) is 32.9 Å². The van der Waals surface area contributed by atoms with Gasteiger partial charge in [0.25, 0.3) is 5.91 Å². The Bertz CT molecular complexity index is 961. The minimum absolute atomic E-state index is 0.0448. The van der Waals surface area contributed by atoms with Crippen LogP contribution in [0.3, 0.4) is 0 Å². The third-order valence-corrected chi connectivity index (χ3v) is 3.95. The molecule has 0 unspecified atom stereocenters. The number of rotatable bonds is 8. The van der Waals surface area contributed by atoms with Crippen LogP contribution in [0.25, 0.3) is 0 Å². The number of nitrogens with one attached hydrogen (secondary N) is 2. The van der Waals surface area contributed by atoms with E-state index in [-0.39, 0.29) is 24.8 Å². The van der Waals surface area contributed by atoms with E-state index < -0.39 is 10.8 Å². The summed E-state index contributed by atoms with van der Waals surface area (Å²) in [7, 11) is 2.73. The number of methoxy groups -OCH3 is 2. The lowest BCUT2D eigenvalue weighted by molar-refractivity contribution is -0.385. The van der Waals surface area contributed by atoms with Crippen LogP contribution in [0, 0.1) is 10.1 Å². The molecule has 2 aromatic carbocycles. The van der Waals surface area contributed by atoms with E-state index in [1.54, 1.807) is 18.2 Å². The van der Waals surface area contributed by atoms with Crippen LogP contribution >= 0.6 is 0 Å². The van der Waals surface area contributed by atoms with Gasteiger partial charge in [-0.05, 0) is 12.1 Å². The SMILES string of the molecule is COc1cc(OC)c([N+](=O)[O-])cc1/C=N\NC(=O)CNc1ccc2c(c1)OCO2. The summed E-state index contributed by atoms with van der Waals surface area (Å²) in [6, 6.07) is 7.84. The smallest absolute Gasteiger partial charge is 0.311 e. The average Bonchev–Trinajstić information content (AvgIpc) is 3.19. The number of carbonyl (C=O) groups excluding carboxylic acids is 1. The van der Waals surface area contributed by atoms with Crippen LogP contribution in [0.4, 0.5) is 11.4 Å². The fourth-order valence-electron chi connectivity index (χ4n) is 2.55. The number of anilines is 1. The van der Waals surface area contributed by atoms with Crippen molar-refractivity contribution in [1.82, 2.24) is 5.43 Å². The number of hydrazone groups is 1. The lowest BCUT2D eigenvalue weighted by atomic mass is 10.1. The van der Waals surface area contributed by atoms with Crippen LogP contribution < -0.4 is 29.7 Å². The van der Waals surface area contributed by atoms with Gasteiger partial charge in [0.2, 0.25) is 12.5 Å². The number of amides is 1. The first-order valence-electron chi connectivity index (χ1n) is 8.37. The second-order valence-electron chi connectivity index (χ2n) is 5.74. The Morgan fingerprint density at radius 1 is 1.21 bits per heavy atom. The molecule has 1 aliphatic rings. The fraction of sp³-hybridized carbons (Fsp3) is 0.222. The van der Waals surface area contributed by atoms with Crippen molar-refractivity contribution in [2.45, 2.75) is 0 Å². The summed E-state index contributed by atoms with van der Waals surface area (Å²) >= 11 is 0. The van der Waals surface area contributed by atoms with E-state index in [0.717, 1.165) is 0 Å². The summed E-state index contributed by atoms with van der Waals surface area (Å²) in [5.41, 5.74) is 3.08. The Balaban J connectivity index is 1.61. The van der Waals surface area contributed by atoms with Gasteiger partial charge in [-0.2, -0.15) is 5.10 Å². The van der Waals surface area contributed by atoms with Crippen LogP contribution in [0.15, 0.2) is 35.4 Å². The number of nitro benzene ring substituents is 1. The van der Waals surface area contributed by atoms with Gasteiger partial charge in [-0.3, -0.25) is 14.9 Å². The molecule has 0 radical (unpaired) electrons. The molecule has 11 nitrogen and oxygen atoms in total. The highest BCUT2D eigenvalue weighted by molar-refractivity contribution is 5.87. The zero-order chi connectivity index (χ0) is 20.8. The van der Waals surface area contributed by atoms with Gasteiger partial charge in [-0.25, -0.2) is 5.43 Å². The Morgan fingerprint density at radius 2 is 1.97 bits per heavy atom. The second kappa shape index (κ2) is 8.78. The summed E-state index contributed by atoms with van der Waals surface area (Å²) in [4.78, 5) is 22.5. The summed E-state index contributed by atoms with van der Waals surface area (Å²) in [6.07, 6.45) is 1.25. The first kappa shape index (κ1) is 19.7. The Kier molecular flexibility index (Phi) is 5.97. The molecule has 152 valence electrons. The molecule has 2 N–H and O–H groups in total. The molecule has 0 saturated heterocycles. The summed E-state index contributed by atoms with van der Waals surface area (Å²) in [5, 5.41) is 17.9. The number of benzene rings is 2. The van der Waals surface area contributed by atoms with E-state index >= 15 is 0 Å². The van der Waals surface area contributed by atoms with Crippen molar-refractivity contribution < 1.29 is 28.7 Å². The molecule has 3 rings (SSSR count). The highest BCUT2D eigenvalue weighted by atomic mass is 16.7. The number of carbonyl (C=O) groups is 1.